The van der Waals surface area contributed by atoms with Gasteiger partial charge < -0.3 is 4.90 Å². The number of piperidine rings is 1. The Morgan fingerprint density at radius 2 is 2.04 bits per heavy atom. The Labute approximate surface area is 176 Å². The van der Waals surface area contributed by atoms with Crippen LogP contribution in [-0.4, -0.2) is 39.4 Å². The van der Waals surface area contributed by atoms with Crippen LogP contribution in [-0.2, 0) is 6.40 Å². The molecular weight excluding hydrogens is 372 g/mol. The highest BCUT2D eigenvalue weighted by Gasteiger charge is 2.35. The van der Waals surface area contributed by atoms with Crippen LogP contribution in [0.1, 0.15) is 61.0 Å². The number of likely N-dealkylation sites (tertiary alicyclic amines) is 1. The van der Waals surface area contributed by atoms with E-state index in [4.69, 9.17) is 25.3 Å². The summed E-state index contributed by atoms with van der Waals surface area (Å²) in [6.45, 7) is -6.08. The van der Waals surface area contributed by atoms with E-state index >= 15 is 4.39 Å². The monoisotopic (exact) mass is 403 g/mol. The standard InChI is InChI=1S/C20H22ClF2N3O/c1-14-12-24-18(25-13-14)3-2-6-20(23)7-9-26(10-8-20)19(27)15-4-5-17(22)16(21)11-15/h4-5,11-13H,2-3,6-10H2,1H3/i3D,6D,7D2,8D2,9D2,10D2. The molecule has 4 nitrogen and oxygen atoms in total. The molecule has 144 valence electrons. The van der Waals surface area contributed by atoms with Crippen molar-refractivity contribution >= 4 is 17.5 Å². The lowest BCUT2D eigenvalue weighted by molar-refractivity contribution is 0.0389. The summed E-state index contributed by atoms with van der Waals surface area (Å²) in [4.78, 5) is 20.5. The molecule has 1 fully saturated rings. The number of rotatable bonds is 5. The summed E-state index contributed by atoms with van der Waals surface area (Å²) < 4.78 is 113. The van der Waals surface area contributed by atoms with E-state index in [1.807, 2.05) is 0 Å². The highest BCUT2D eigenvalue weighted by molar-refractivity contribution is 6.31. The molecule has 2 aromatic rings. The number of halogens is 3. The molecule has 27 heavy (non-hydrogen) atoms. The molecule has 0 radical (unpaired) electrons. The summed E-state index contributed by atoms with van der Waals surface area (Å²) in [5.74, 6) is -2.77. The number of hydrogen-bond acceptors (Lipinski definition) is 3. The van der Waals surface area contributed by atoms with Gasteiger partial charge in [-0.2, -0.15) is 0 Å². The Kier molecular flexibility index (Phi) is 3.21. The summed E-state index contributed by atoms with van der Waals surface area (Å²) in [5, 5.41) is -0.596. The predicted molar refractivity (Wildman–Crippen MR) is 100 cm³/mol. The van der Waals surface area contributed by atoms with Crippen molar-refractivity contribution < 1.29 is 27.3 Å². The van der Waals surface area contributed by atoms with Gasteiger partial charge in [-0.1, -0.05) is 11.6 Å². The number of aryl methyl sites for hydroxylation is 2. The van der Waals surface area contributed by atoms with Crippen molar-refractivity contribution in [1.82, 2.24) is 14.9 Å². The third-order valence-electron chi connectivity index (χ3n) is 3.57. The van der Waals surface area contributed by atoms with Gasteiger partial charge >= 0.3 is 0 Å². The van der Waals surface area contributed by atoms with Gasteiger partial charge in [0.2, 0.25) is 0 Å². The van der Waals surface area contributed by atoms with E-state index in [9.17, 15) is 9.18 Å². The maximum atomic E-state index is 16.7. The summed E-state index contributed by atoms with van der Waals surface area (Å²) >= 11 is 5.65. The molecular formula is C20H22ClF2N3O. The van der Waals surface area contributed by atoms with Crippen molar-refractivity contribution in [2.24, 2.45) is 0 Å². The van der Waals surface area contributed by atoms with Gasteiger partial charge in [0.25, 0.3) is 5.91 Å². The summed E-state index contributed by atoms with van der Waals surface area (Å²) in [7, 11) is 0. The lowest BCUT2D eigenvalue weighted by Gasteiger charge is -2.36. The van der Waals surface area contributed by atoms with Crippen LogP contribution in [0.15, 0.2) is 30.6 Å². The topological polar surface area (TPSA) is 46.1 Å². The number of alkyl halides is 1. The molecule has 7 heteroatoms. The van der Waals surface area contributed by atoms with E-state index in [1.165, 1.54) is 12.4 Å². The largest absolute Gasteiger partial charge is 0.338 e. The second-order valence-corrected chi connectivity index (χ2v) is 6.12. The number of aromatic nitrogens is 2. The first-order valence-electron chi connectivity index (χ1n) is 13.0. The SMILES string of the molecule is [2H]C(CC([2H])C1(F)C([2H])([2H])C([2H])([2H])N(C(=O)c2ccc(F)c(Cl)c2)C([2H])([2H])C1([2H])[2H])c1ncc(C)cn1. The molecule has 1 aromatic carbocycles. The zero-order chi connectivity index (χ0) is 28.4. The molecule has 1 saturated heterocycles. The van der Waals surface area contributed by atoms with E-state index in [0.29, 0.717) is 11.6 Å². The molecule has 0 bridgehead atoms. The molecule has 2 heterocycles. The number of hydrogen-bond donors (Lipinski definition) is 0. The van der Waals surface area contributed by atoms with Crippen LogP contribution in [0.25, 0.3) is 0 Å². The van der Waals surface area contributed by atoms with Crippen molar-refractivity contribution in [3.63, 3.8) is 0 Å². The molecule has 1 aromatic heterocycles. The number of carbonyl (C=O) groups excluding carboxylic acids is 1. The second-order valence-electron chi connectivity index (χ2n) is 5.72. The molecule has 0 aliphatic carbocycles. The van der Waals surface area contributed by atoms with Crippen LogP contribution >= 0.6 is 11.6 Å². The Balaban J connectivity index is 2.10. The Morgan fingerprint density at radius 1 is 1.37 bits per heavy atom. The van der Waals surface area contributed by atoms with Crippen LogP contribution in [0.4, 0.5) is 8.78 Å². The van der Waals surface area contributed by atoms with E-state index < -0.39 is 77.8 Å². The molecule has 0 spiro atoms. The Bertz CT molecular complexity index is 1170. The minimum Gasteiger partial charge on any atom is -0.338 e. The van der Waals surface area contributed by atoms with E-state index in [1.54, 1.807) is 6.92 Å². The second kappa shape index (κ2) is 8.30. The highest BCUT2D eigenvalue weighted by atomic mass is 35.5. The summed E-state index contributed by atoms with van der Waals surface area (Å²) in [6.07, 6.45) is -10.4. The predicted octanol–water partition coefficient (Wildman–Crippen LogP) is 4.54. The average molecular weight is 404 g/mol. The van der Waals surface area contributed by atoms with Crippen LogP contribution in [0, 0.1) is 12.7 Å². The quantitative estimate of drug-likeness (QED) is 0.736. The number of carbonyl (C=O) groups is 1. The lowest BCUT2D eigenvalue weighted by atomic mass is 9.88. The zero-order valence-corrected chi connectivity index (χ0v) is 14.9. The fourth-order valence-corrected chi connectivity index (χ4v) is 2.31. The number of benzene rings is 1. The van der Waals surface area contributed by atoms with Gasteiger partial charge in [0.1, 0.15) is 17.3 Å². The van der Waals surface area contributed by atoms with Crippen LogP contribution in [0.5, 0.6) is 0 Å². The van der Waals surface area contributed by atoms with Crippen LogP contribution in [0.3, 0.4) is 0 Å². The normalized spacial score (nSPS) is 31.6. The number of amides is 1. The van der Waals surface area contributed by atoms with Gasteiger partial charge in [-0.25, -0.2) is 18.7 Å². The molecule has 0 saturated carbocycles. The van der Waals surface area contributed by atoms with E-state index in [0.717, 1.165) is 12.1 Å². The van der Waals surface area contributed by atoms with Gasteiger partial charge in [-0.05, 0) is 56.2 Å². The fraction of sp³-hybridized carbons (Fsp3) is 0.450. The zero-order valence-electron chi connectivity index (χ0n) is 24.1. The molecule has 3 rings (SSSR count). The maximum Gasteiger partial charge on any atom is 0.253 e. The first-order chi connectivity index (χ1) is 16.7. The highest BCUT2D eigenvalue weighted by Crippen LogP contribution is 2.32. The number of nitrogens with zero attached hydrogens (tertiary/aromatic N) is 3. The van der Waals surface area contributed by atoms with Crippen molar-refractivity contribution in [1.29, 1.82) is 0 Å². The molecule has 1 aliphatic heterocycles. The molecule has 2 unspecified atom stereocenters. The van der Waals surface area contributed by atoms with E-state index in [2.05, 4.69) is 9.97 Å². The van der Waals surface area contributed by atoms with Gasteiger partial charge in [-0.15, -0.1) is 0 Å². The minimum absolute atomic E-state index is 0.181. The van der Waals surface area contributed by atoms with Crippen molar-refractivity contribution in [2.45, 2.75) is 44.6 Å². The third kappa shape index (κ3) is 5.01. The third-order valence-corrected chi connectivity index (χ3v) is 3.86. The van der Waals surface area contributed by atoms with Crippen molar-refractivity contribution in [3.8, 4) is 0 Å². The van der Waals surface area contributed by atoms with E-state index in [-0.39, 0.29) is 5.82 Å². The molecule has 1 amide bonds. The minimum atomic E-state index is -4.21. The van der Waals surface area contributed by atoms with Gasteiger partial charge in [-0.3, -0.25) is 4.79 Å². The van der Waals surface area contributed by atoms with Crippen LogP contribution in [0.2, 0.25) is 5.02 Å². The smallest absolute Gasteiger partial charge is 0.253 e. The average Bonchev–Trinajstić information content (AvgIpc) is 2.79. The fourth-order valence-electron chi connectivity index (χ4n) is 2.13. The molecule has 1 aliphatic rings. The van der Waals surface area contributed by atoms with Crippen molar-refractivity contribution in [2.75, 3.05) is 13.0 Å². The van der Waals surface area contributed by atoms with Crippen LogP contribution < -0.4 is 0 Å². The summed E-state index contributed by atoms with van der Waals surface area (Å²) in [6, 6.07) is 2.24. The van der Waals surface area contributed by atoms with Gasteiger partial charge in [0.05, 0.1) is 5.02 Å². The first-order valence-corrected chi connectivity index (χ1v) is 8.24. The lowest BCUT2D eigenvalue weighted by Crippen LogP contribution is -2.44. The van der Waals surface area contributed by atoms with Gasteiger partial charge in [0.15, 0.2) is 0 Å². The van der Waals surface area contributed by atoms with Crippen molar-refractivity contribution in [3.05, 3.63) is 58.4 Å². The maximum absolute atomic E-state index is 16.7. The first kappa shape index (κ1) is 10.5. The molecule has 2 atom stereocenters. The Morgan fingerprint density at radius 3 is 2.67 bits per heavy atom. The molecule has 0 N–H and O–H groups in total. The Hall–Kier alpha value is -2.08. The summed E-state index contributed by atoms with van der Waals surface area (Å²) in [5.41, 5.74) is -4.19. The van der Waals surface area contributed by atoms with Gasteiger partial charge in [0, 0.05) is 51.1 Å².